The third-order valence-corrected chi connectivity index (χ3v) is 4.83. The normalized spacial score (nSPS) is 11.5. The van der Waals surface area contributed by atoms with Gasteiger partial charge in [0.2, 0.25) is 0 Å². The summed E-state index contributed by atoms with van der Waals surface area (Å²) in [6.07, 6.45) is -0.769. The lowest BCUT2D eigenvalue weighted by Gasteiger charge is -2.16. The molecular weight excluding hydrogens is 378 g/mol. The minimum Gasteiger partial charge on any atom is -0.479 e. The molecule has 0 spiro atoms. The molecule has 0 saturated heterocycles. The summed E-state index contributed by atoms with van der Waals surface area (Å²) in [4.78, 5) is 24.7. The van der Waals surface area contributed by atoms with Crippen LogP contribution in [0, 0.1) is 20.8 Å². The second kappa shape index (κ2) is 9.27. The van der Waals surface area contributed by atoms with Crippen molar-refractivity contribution in [3.63, 3.8) is 0 Å². The number of anilines is 1. The topological polar surface area (TPSA) is 64.6 Å². The molecule has 5 heteroatoms. The molecule has 3 aromatic rings. The number of carbonyl (C=O) groups is 2. The summed E-state index contributed by atoms with van der Waals surface area (Å²) < 4.78 is 11.1. The number of esters is 1. The van der Waals surface area contributed by atoms with Gasteiger partial charge in [0, 0.05) is 11.3 Å². The van der Waals surface area contributed by atoms with Crippen molar-refractivity contribution in [1.82, 2.24) is 0 Å². The maximum absolute atomic E-state index is 12.4. The van der Waals surface area contributed by atoms with Crippen molar-refractivity contribution in [2.75, 3.05) is 5.32 Å². The van der Waals surface area contributed by atoms with Crippen molar-refractivity contribution in [2.45, 2.75) is 33.8 Å². The van der Waals surface area contributed by atoms with Crippen LogP contribution in [0.5, 0.6) is 11.5 Å². The molecule has 0 heterocycles. The molecule has 0 radical (unpaired) electrons. The second-order valence-electron chi connectivity index (χ2n) is 7.22. The Bertz CT molecular complexity index is 1040. The first-order valence-corrected chi connectivity index (χ1v) is 9.76. The molecule has 1 amide bonds. The summed E-state index contributed by atoms with van der Waals surface area (Å²) in [5.74, 6) is 0.266. The Hall–Kier alpha value is -3.60. The summed E-state index contributed by atoms with van der Waals surface area (Å²) in [5, 5.41) is 2.83. The quantitative estimate of drug-likeness (QED) is 0.452. The molecule has 3 aromatic carbocycles. The van der Waals surface area contributed by atoms with E-state index in [0.29, 0.717) is 17.1 Å². The van der Waals surface area contributed by atoms with Gasteiger partial charge in [-0.25, -0.2) is 4.79 Å². The van der Waals surface area contributed by atoms with Gasteiger partial charge in [-0.05, 0) is 81.3 Å². The molecule has 0 bridgehead atoms. The minimum absolute atomic E-state index is 0.233. The van der Waals surface area contributed by atoms with E-state index in [1.54, 1.807) is 31.2 Å². The number of rotatable bonds is 6. The Balaban J connectivity index is 1.59. The van der Waals surface area contributed by atoms with Gasteiger partial charge in [0.15, 0.2) is 6.10 Å². The second-order valence-corrected chi connectivity index (χ2v) is 7.22. The number of ether oxygens (including phenoxy) is 2. The molecule has 30 heavy (non-hydrogen) atoms. The number of hydrogen-bond acceptors (Lipinski definition) is 4. The van der Waals surface area contributed by atoms with E-state index >= 15 is 0 Å². The lowest BCUT2D eigenvalue weighted by molar-refractivity contribution is -0.141. The molecular formula is C25H25NO4. The van der Waals surface area contributed by atoms with Crippen molar-refractivity contribution in [3.05, 3.63) is 89.0 Å². The van der Waals surface area contributed by atoms with Crippen molar-refractivity contribution in [1.29, 1.82) is 0 Å². The summed E-state index contributed by atoms with van der Waals surface area (Å²) in [6.45, 7) is 7.57. The lowest BCUT2D eigenvalue weighted by Crippen LogP contribution is -2.28. The van der Waals surface area contributed by atoms with Crippen molar-refractivity contribution >= 4 is 17.6 Å². The van der Waals surface area contributed by atoms with Gasteiger partial charge in [0.1, 0.15) is 11.5 Å². The Morgan fingerprint density at radius 1 is 0.867 bits per heavy atom. The van der Waals surface area contributed by atoms with Gasteiger partial charge in [0.25, 0.3) is 5.91 Å². The maximum Gasteiger partial charge on any atom is 0.352 e. The van der Waals surface area contributed by atoms with Crippen LogP contribution in [-0.4, -0.2) is 18.0 Å². The highest BCUT2D eigenvalue weighted by molar-refractivity contribution is 6.04. The summed E-state index contributed by atoms with van der Waals surface area (Å²) in [7, 11) is 0. The fourth-order valence-corrected chi connectivity index (χ4v) is 2.80. The average Bonchev–Trinajstić information content (AvgIpc) is 2.73. The van der Waals surface area contributed by atoms with Crippen molar-refractivity contribution in [2.24, 2.45) is 0 Å². The number of nitrogens with one attached hydrogen (secondary N) is 1. The first-order valence-electron chi connectivity index (χ1n) is 9.76. The standard InChI is InChI=1S/C25H25NO4/c1-16-8-12-21(13-9-16)26-24(27)20-10-14-22(15-11-20)30-25(28)19(4)29-23-7-5-6-17(2)18(23)3/h5-15,19H,1-4H3,(H,26,27). The van der Waals surface area contributed by atoms with Gasteiger partial charge < -0.3 is 14.8 Å². The highest BCUT2D eigenvalue weighted by atomic mass is 16.6. The van der Waals surface area contributed by atoms with Crippen molar-refractivity contribution < 1.29 is 19.1 Å². The average molecular weight is 403 g/mol. The first kappa shape index (κ1) is 21.1. The zero-order chi connectivity index (χ0) is 21.7. The number of benzene rings is 3. The smallest absolute Gasteiger partial charge is 0.352 e. The lowest BCUT2D eigenvalue weighted by atomic mass is 10.1. The molecule has 1 atom stereocenters. The molecule has 0 aliphatic heterocycles. The molecule has 0 fully saturated rings. The zero-order valence-electron chi connectivity index (χ0n) is 17.6. The van der Waals surface area contributed by atoms with Gasteiger partial charge in [-0.15, -0.1) is 0 Å². The van der Waals surface area contributed by atoms with Gasteiger partial charge >= 0.3 is 5.97 Å². The summed E-state index contributed by atoms with van der Waals surface area (Å²) in [5.41, 5.74) is 4.39. The Labute approximate surface area is 176 Å². The molecule has 5 nitrogen and oxygen atoms in total. The van der Waals surface area contributed by atoms with E-state index < -0.39 is 12.1 Å². The van der Waals surface area contributed by atoms with Crippen LogP contribution in [0.3, 0.4) is 0 Å². The maximum atomic E-state index is 12.4. The summed E-state index contributed by atoms with van der Waals surface area (Å²) >= 11 is 0. The predicted molar refractivity (Wildman–Crippen MR) is 117 cm³/mol. The van der Waals surface area contributed by atoms with Gasteiger partial charge in [-0.2, -0.15) is 0 Å². The minimum atomic E-state index is -0.769. The van der Waals surface area contributed by atoms with Crippen molar-refractivity contribution in [3.8, 4) is 11.5 Å². The molecule has 0 saturated carbocycles. The zero-order valence-corrected chi connectivity index (χ0v) is 17.6. The van der Waals surface area contributed by atoms with Crippen LogP contribution >= 0.6 is 0 Å². The van der Waals surface area contributed by atoms with Crippen LogP contribution in [0.15, 0.2) is 66.7 Å². The van der Waals surface area contributed by atoms with Crippen LogP contribution in [-0.2, 0) is 4.79 Å². The van der Waals surface area contributed by atoms with Crippen LogP contribution in [0.4, 0.5) is 5.69 Å². The number of carbonyl (C=O) groups excluding carboxylic acids is 2. The Morgan fingerprint density at radius 2 is 1.53 bits per heavy atom. The van der Waals surface area contributed by atoms with Gasteiger partial charge in [-0.1, -0.05) is 29.8 Å². The molecule has 3 rings (SSSR count). The SMILES string of the molecule is Cc1ccc(NC(=O)c2ccc(OC(=O)C(C)Oc3cccc(C)c3C)cc2)cc1. The largest absolute Gasteiger partial charge is 0.479 e. The van der Waals surface area contributed by atoms with Gasteiger partial charge in [-0.3, -0.25) is 4.79 Å². The third kappa shape index (κ3) is 5.26. The van der Waals surface area contributed by atoms with Crippen LogP contribution < -0.4 is 14.8 Å². The van der Waals surface area contributed by atoms with E-state index in [1.807, 2.05) is 63.2 Å². The number of amides is 1. The highest BCUT2D eigenvalue weighted by Crippen LogP contribution is 2.22. The van der Waals surface area contributed by atoms with Crippen LogP contribution in [0.1, 0.15) is 34.0 Å². The summed E-state index contributed by atoms with van der Waals surface area (Å²) in [6, 6.07) is 19.7. The predicted octanol–water partition coefficient (Wildman–Crippen LogP) is 5.24. The molecule has 0 aliphatic rings. The van der Waals surface area contributed by atoms with E-state index in [9.17, 15) is 9.59 Å². The monoisotopic (exact) mass is 403 g/mol. The molecule has 1 unspecified atom stereocenters. The fourth-order valence-electron chi connectivity index (χ4n) is 2.80. The number of hydrogen-bond donors (Lipinski definition) is 1. The fraction of sp³-hybridized carbons (Fsp3) is 0.200. The van der Waals surface area contributed by atoms with Gasteiger partial charge in [0.05, 0.1) is 0 Å². The first-order chi connectivity index (χ1) is 14.3. The van der Waals surface area contributed by atoms with Crippen LogP contribution in [0.2, 0.25) is 0 Å². The Kier molecular flexibility index (Phi) is 6.52. The third-order valence-electron chi connectivity index (χ3n) is 4.83. The van der Waals surface area contributed by atoms with E-state index in [1.165, 1.54) is 0 Å². The molecule has 154 valence electrons. The highest BCUT2D eigenvalue weighted by Gasteiger charge is 2.19. The molecule has 0 aromatic heterocycles. The van der Waals surface area contributed by atoms with E-state index in [-0.39, 0.29) is 5.91 Å². The van der Waals surface area contributed by atoms with E-state index in [2.05, 4.69) is 5.32 Å². The van der Waals surface area contributed by atoms with Crippen LogP contribution in [0.25, 0.3) is 0 Å². The Morgan fingerprint density at radius 3 is 2.20 bits per heavy atom. The van der Waals surface area contributed by atoms with E-state index in [0.717, 1.165) is 22.4 Å². The molecule has 1 N–H and O–H groups in total. The van der Waals surface area contributed by atoms with E-state index in [4.69, 9.17) is 9.47 Å². The number of aryl methyl sites for hydroxylation is 2. The molecule has 0 aliphatic carbocycles.